The summed E-state index contributed by atoms with van der Waals surface area (Å²) in [4.78, 5) is 39.1. The smallest absolute Gasteiger partial charge is 0.323 e. The van der Waals surface area contributed by atoms with Crippen LogP contribution in [-0.4, -0.2) is 61.0 Å². The molecule has 46 heavy (non-hydrogen) atoms. The van der Waals surface area contributed by atoms with Gasteiger partial charge in [-0.05, 0) is 97.8 Å². The van der Waals surface area contributed by atoms with E-state index in [-0.39, 0.29) is 28.6 Å². The molecule has 5 N–H and O–H groups in total. The molecular formula is C37H60N2O7. The number of carboxylic acid groups (broad SMARTS) is 1. The van der Waals surface area contributed by atoms with Gasteiger partial charge < -0.3 is 30.8 Å². The Morgan fingerprint density at radius 3 is 2.35 bits per heavy atom. The molecule has 0 amide bonds. The minimum absolute atomic E-state index is 0.152. The maximum Gasteiger partial charge on any atom is 0.323 e. The summed E-state index contributed by atoms with van der Waals surface area (Å²) in [7, 11) is 0. The van der Waals surface area contributed by atoms with Crippen LogP contribution in [0.15, 0.2) is 11.6 Å². The van der Waals surface area contributed by atoms with Crippen LogP contribution in [0, 0.1) is 56.7 Å². The Bertz CT molecular complexity index is 1250. The Morgan fingerprint density at radius 1 is 1.04 bits per heavy atom. The number of carbonyl (C=O) groups is 3. The molecule has 0 aromatic rings. The van der Waals surface area contributed by atoms with Crippen molar-refractivity contribution in [1.29, 1.82) is 0 Å². The number of aliphatic carboxylic acids is 1. The van der Waals surface area contributed by atoms with Crippen LogP contribution < -0.4 is 11.5 Å². The molecule has 0 aromatic carbocycles. The van der Waals surface area contributed by atoms with Gasteiger partial charge in [0.25, 0.3) is 0 Å². The lowest BCUT2D eigenvalue weighted by atomic mass is 9.34. The summed E-state index contributed by atoms with van der Waals surface area (Å²) in [5.74, 6) is -1.05. The van der Waals surface area contributed by atoms with Gasteiger partial charge in [0.1, 0.15) is 18.2 Å². The van der Waals surface area contributed by atoms with Crippen LogP contribution in [0.1, 0.15) is 107 Å². The third kappa shape index (κ3) is 5.08. The molecule has 0 radical (unpaired) electrons. The Hall–Kier alpha value is -1.97. The van der Waals surface area contributed by atoms with Crippen LogP contribution in [0.3, 0.4) is 0 Å². The summed E-state index contributed by atoms with van der Waals surface area (Å²) in [6, 6.07) is -0.798. The van der Waals surface area contributed by atoms with E-state index in [4.69, 9.17) is 25.7 Å². The lowest BCUT2D eigenvalue weighted by Gasteiger charge is -2.71. The van der Waals surface area contributed by atoms with Crippen molar-refractivity contribution in [2.24, 2.45) is 68.1 Å². The Kier molecular flexibility index (Phi) is 9.35. The number of fused-ring (bicyclic) bond motifs is 3. The van der Waals surface area contributed by atoms with E-state index >= 15 is 0 Å². The van der Waals surface area contributed by atoms with Crippen LogP contribution in [0.25, 0.3) is 0 Å². The maximum absolute atomic E-state index is 13.3. The number of hydrogen-bond donors (Lipinski definition) is 3. The summed E-state index contributed by atoms with van der Waals surface area (Å²) in [5, 5.41) is 10.9. The molecule has 2 bridgehead atoms. The standard InChI is InChI=1S/C37H60N2O7/c1-21(2)22(3)33(5)15-16-35(7)24-11-12-28-34(6)19-44-20-37(28,25(24)13-14-36(35,8)29(33)31(41)42)18-27(45-23(4)40)30(34)46-32(43)26(39)10-9-17-38/h13,21-22,24,26-30H,9-12,14-20,38-39H2,1-8H3,(H,41,42)/t22-,24+,26?,27-,28+,29-,30+,33-,34+,35-,36+,37-/m1/s1. The molecule has 4 aliphatic carbocycles. The maximum atomic E-state index is 13.3. The molecule has 12 atom stereocenters. The first-order chi connectivity index (χ1) is 21.4. The van der Waals surface area contributed by atoms with Crippen LogP contribution in [-0.2, 0) is 28.6 Å². The first-order valence-electron chi connectivity index (χ1n) is 17.8. The van der Waals surface area contributed by atoms with Gasteiger partial charge in [0.2, 0.25) is 0 Å². The lowest BCUT2D eigenvalue weighted by molar-refractivity contribution is -0.263. The average molecular weight is 645 g/mol. The summed E-state index contributed by atoms with van der Waals surface area (Å²) in [5.41, 5.74) is 11.3. The SMILES string of the molecule is CC(=O)O[C@@H]1C[C@]23COC[C@@](C)([C@@H]2CC[C@H]2C3=CC[C@@]3(C)[C@H](C(=O)O)[C@@](C)([C@H](C)C(C)C)CC[C@]23C)[C@H]1OC(=O)C(N)CCCN. The van der Waals surface area contributed by atoms with Gasteiger partial charge in [0.15, 0.2) is 0 Å². The third-order valence-electron chi connectivity index (χ3n) is 14.7. The number of carboxylic acids is 1. The van der Waals surface area contributed by atoms with Gasteiger partial charge in [-0.15, -0.1) is 0 Å². The zero-order valence-corrected chi connectivity index (χ0v) is 29.5. The van der Waals surface area contributed by atoms with Crippen LogP contribution >= 0.6 is 0 Å². The molecule has 9 heteroatoms. The number of allylic oxidation sites excluding steroid dienone is 1. The topological polar surface area (TPSA) is 151 Å². The summed E-state index contributed by atoms with van der Waals surface area (Å²) in [6.45, 7) is 18.4. The molecule has 1 heterocycles. The predicted molar refractivity (Wildman–Crippen MR) is 175 cm³/mol. The van der Waals surface area contributed by atoms with Crippen molar-refractivity contribution in [2.45, 2.75) is 125 Å². The lowest BCUT2D eigenvalue weighted by Crippen LogP contribution is -2.70. The van der Waals surface area contributed by atoms with Gasteiger partial charge in [-0.25, -0.2) is 0 Å². The van der Waals surface area contributed by atoms with E-state index in [9.17, 15) is 19.5 Å². The minimum Gasteiger partial charge on any atom is -0.481 e. The second-order valence-electron chi connectivity index (χ2n) is 17.1. The molecule has 1 saturated heterocycles. The zero-order valence-electron chi connectivity index (χ0n) is 29.5. The second-order valence-corrected chi connectivity index (χ2v) is 17.1. The van der Waals surface area contributed by atoms with Crippen molar-refractivity contribution < 1.29 is 33.7 Å². The quantitative estimate of drug-likeness (QED) is 0.219. The molecule has 1 aliphatic heterocycles. The van der Waals surface area contributed by atoms with Gasteiger partial charge in [-0.2, -0.15) is 0 Å². The molecule has 9 nitrogen and oxygen atoms in total. The second kappa shape index (κ2) is 12.2. The summed E-state index contributed by atoms with van der Waals surface area (Å²) in [6.07, 6.45) is 6.98. The van der Waals surface area contributed by atoms with Gasteiger partial charge in [0.05, 0.1) is 19.1 Å². The van der Waals surface area contributed by atoms with Crippen molar-refractivity contribution in [3.63, 3.8) is 0 Å². The number of esters is 2. The first-order valence-corrected chi connectivity index (χ1v) is 17.8. The van der Waals surface area contributed by atoms with E-state index in [1.165, 1.54) is 12.5 Å². The van der Waals surface area contributed by atoms with Crippen molar-refractivity contribution in [1.82, 2.24) is 0 Å². The number of ether oxygens (including phenoxy) is 3. The molecule has 5 aliphatic rings. The van der Waals surface area contributed by atoms with E-state index in [0.29, 0.717) is 51.4 Å². The first kappa shape index (κ1) is 35.3. The van der Waals surface area contributed by atoms with Gasteiger partial charge in [-0.1, -0.05) is 60.1 Å². The molecule has 4 fully saturated rings. The Morgan fingerprint density at radius 2 is 1.74 bits per heavy atom. The monoisotopic (exact) mass is 644 g/mol. The Labute approximate surface area is 275 Å². The highest BCUT2D eigenvalue weighted by Gasteiger charge is 2.72. The van der Waals surface area contributed by atoms with E-state index in [1.807, 2.05) is 0 Å². The largest absolute Gasteiger partial charge is 0.481 e. The molecule has 3 saturated carbocycles. The van der Waals surface area contributed by atoms with Gasteiger partial charge in [0, 0.05) is 17.8 Å². The van der Waals surface area contributed by atoms with Gasteiger partial charge >= 0.3 is 17.9 Å². The molecule has 260 valence electrons. The highest BCUT2D eigenvalue weighted by molar-refractivity contribution is 5.76. The van der Waals surface area contributed by atoms with Gasteiger partial charge in [-0.3, -0.25) is 14.4 Å². The highest BCUT2D eigenvalue weighted by atomic mass is 16.6. The van der Waals surface area contributed by atoms with Crippen LogP contribution in [0.4, 0.5) is 0 Å². The number of carbonyl (C=O) groups excluding carboxylic acids is 2. The van der Waals surface area contributed by atoms with Crippen molar-refractivity contribution in [3.8, 4) is 0 Å². The number of hydrogen-bond acceptors (Lipinski definition) is 8. The fraction of sp³-hybridized carbons (Fsp3) is 0.865. The van der Waals surface area contributed by atoms with E-state index in [2.05, 4.69) is 54.5 Å². The van der Waals surface area contributed by atoms with Crippen molar-refractivity contribution in [2.75, 3.05) is 19.8 Å². The molecule has 1 unspecified atom stereocenters. The van der Waals surface area contributed by atoms with E-state index < -0.39 is 58.3 Å². The van der Waals surface area contributed by atoms with Crippen LogP contribution in [0.5, 0.6) is 0 Å². The average Bonchev–Trinajstić information content (AvgIpc) is 2.97. The fourth-order valence-electron chi connectivity index (χ4n) is 11.8. The van der Waals surface area contributed by atoms with Crippen molar-refractivity contribution in [3.05, 3.63) is 11.6 Å². The predicted octanol–water partition coefficient (Wildman–Crippen LogP) is 5.48. The van der Waals surface area contributed by atoms with Crippen molar-refractivity contribution >= 4 is 17.9 Å². The summed E-state index contributed by atoms with van der Waals surface area (Å²) >= 11 is 0. The minimum atomic E-state index is -0.798. The molecule has 0 spiro atoms. The third-order valence-corrected chi connectivity index (χ3v) is 14.7. The molecule has 0 aromatic heterocycles. The number of rotatable bonds is 9. The zero-order chi connectivity index (χ0) is 34.0. The number of nitrogens with two attached hydrogens (primary N) is 2. The van der Waals surface area contributed by atoms with Crippen LogP contribution in [0.2, 0.25) is 0 Å². The molecular weight excluding hydrogens is 584 g/mol. The highest BCUT2D eigenvalue weighted by Crippen LogP contribution is 2.75. The summed E-state index contributed by atoms with van der Waals surface area (Å²) < 4.78 is 18.7. The molecule has 5 rings (SSSR count). The fourth-order valence-corrected chi connectivity index (χ4v) is 11.8. The normalized spacial score (nSPS) is 44.5. The Balaban J connectivity index is 1.56. The van der Waals surface area contributed by atoms with E-state index in [1.54, 1.807) is 0 Å². The van der Waals surface area contributed by atoms with E-state index in [0.717, 1.165) is 25.7 Å².